The highest BCUT2D eigenvalue weighted by Gasteiger charge is 2.22. The zero-order chi connectivity index (χ0) is 41.4. The van der Waals surface area contributed by atoms with Crippen molar-refractivity contribution in [2.45, 2.75) is 116 Å². The normalized spacial score (nSPS) is 15.1. The predicted molar refractivity (Wildman–Crippen MR) is 239 cm³/mol. The average Bonchev–Trinajstić information content (AvgIpc) is 3.27. The van der Waals surface area contributed by atoms with Gasteiger partial charge in [0.05, 0.1) is 0 Å². The van der Waals surface area contributed by atoms with E-state index in [1.165, 1.54) is 93.2 Å². The Balaban J connectivity index is 0.000000199. The van der Waals surface area contributed by atoms with E-state index in [1.54, 1.807) is 12.1 Å². The highest BCUT2D eigenvalue weighted by Crippen LogP contribution is 2.38. The summed E-state index contributed by atoms with van der Waals surface area (Å²) in [6.07, 6.45) is 16.7. The summed E-state index contributed by atoms with van der Waals surface area (Å²) in [5, 5.41) is 0. The van der Waals surface area contributed by atoms with Gasteiger partial charge in [-0.2, -0.15) is 0 Å². The Morgan fingerprint density at radius 1 is 0.407 bits per heavy atom. The summed E-state index contributed by atoms with van der Waals surface area (Å²) >= 11 is 0. The molecule has 0 unspecified atom stereocenters. The van der Waals surface area contributed by atoms with Crippen molar-refractivity contribution in [3.63, 3.8) is 0 Å². The first-order chi connectivity index (χ1) is 28.8. The van der Waals surface area contributed by atoms with Crippen molar-refractivity contribution in [3.8, 4) is 22.3 Å². The van der Waals surface area contributed by atoms with Crippen LogP contribution in [-0.4, -0.2) is 0 Å². The summed E-state index contributed by atoms with van der Waals surface area (Å²) in [5.41, 5.74) is 10.0. The largest absolute Gasteiger partial charge is 0.207 e. The topological polar surface area (TPSA) is 0 Å². The molecule has 0 aromatic heterocycles. The SMILES string of the molecule is CCCCCCCc1ccc(-c2ccc(CCc3ccc(F)cc3)cc2)c(F)c1.CC[C@H]1CC[C@H](c2ccc(-c3ccc(CCc4ccc(F)cc4)cc3)c(F)c2)CC1. The Morgan fingerprint density at radius 3 is 1.27 bits per heavy atom. The Bertz CT molecular complexity index is 2140. The van der Waals surface area contributed by atoms with Gasteiger partial charge in [0.1, 0.15) is 23.3 Å². The number of hydrogen-bond donors (Lipinski definition) is 0. The molecule has 1 aliphatic rings. The van der Waals surface area contributed by atoms with Crippen LogP contribution in [0.4, 0.5) is 17.6 Å². The van der Waals surface area contributed by atoms with Gasteiger partial charge in [-0.25, -0.2) is 17.6 Å². The van der Waals surface area contributed by atoms with E-state index >= 15 is 0 Å². The lowest BCUT2D eigenvalue weighted by Crippen LogP contribution is -2.12. The van der Waals surface area contributed by atoms with Crippen molar-refractivity contribution in [2.24, 2.45) is 5.92 Å². The molecule has 1 fully saturated rings. The summed E-state index contributed by atoms with van der Waals surface area (Å²) in [7, 11) is 0. The maximum Gasteiger partial charge on any atom is 0.131 e. The molecule has 0 spiro atoms. The number of rotatable bonds is 16. The summed E-state index contributed by atoms with van der Waals surface area (Å²) in [6, 6.07) is 41.0. The molecule has 0 atom stereocenters. The van der Waals surface area contributed by atoms with Gasteiger partial charge in [0.15, 0.2) is 0 Å². The van der Waals surface area contributed by atoms with Crippen LogP contribution >= 0.6 is 0 Å². The van der Waals surface area contributed by atoms with E-state index < -0.39 is 0 Å². The van der Waals surface area contributed by atoms with Crippen molar-refractivity contribution >= 4 is 0 Å². The van der Waals surface area contributed by atoms with Gasteiger partial charge in [0.2, 0.25) is 0 Å². The van der Waals surface area contributed by atoms with E-state index in [2.05, 4.69) is 50.2 Å². The molecular weight excluding hydrogens is 737 g/mol. The van der Waals surface area contributed by atoms with Crippen LogP contribution < -0.4 is 0 Å². The quantitative estimate of drug-likeness (QED) is 0.0676. The monoisotopic (exact) mass is 796 g/mol. The summed E-state index contributed by atoms with van der Waals surface area (Å²) in [4.78, 5) is 0. The molecule has 0 bridgehead atoms. The highest BCUT2D eigenvalue weighted by atomic mass is 19.1. The number of halogens is 4. The van der Waals surface area contributed by atoms with E-state index in [4.69, 9.17) is 0 Å². The minimum Gasteiger partial charge on any atom is -0.207 e. The van der Waals surface area contributed by atoms with Crippen molar-refractivity contribution < 1.29 is 17.6 Å². The summed E-state index contributed by atoms with van der Waals surface area (Å²) in [6.45, 7) is 4.49. The predicted octanol–water partition coefficient (Wildman–Crippen LogP) is 16.0. The number of aryl methyl sites for hydroxylation is 5. The van der Waals surface area contributed by atoms with E-state index in [0.717, 1.165) is 77.8 Å². The smallest absolute Gasteiger partial charge is 0.131 e. The third kappa shape index (κ3) is 13.3. The first kappa shape index (κ1) is 43.6. The van der Waals surface area contributed by atoms with Crippen LogP contribution in [-0.2, 0) is 32.1 Å². The zero-order valence-electron chi connectivity index (χ0n) is 35.0. The fourth-order valence-corrected chi connectivity index (χ4v) is 8.39. The molecule has 6 aromatic carbocycles. The molecule has 0 N–H and O–H groups in total. The first-order valence-electron chi connectivity index (χ1n) is 22.0. The lowest BCUT2D eigenvalue weighted by molar-refractivity contribution is 0.318. The third-order valence-corrected chi connectivity index (χ3v) is 12.3. The number of hydrogen-bond acceptors (Lipinski definition) is 0. The van der Waals surface area contributed by atoms with Gasteiger partial charge < -0.3 is 0 Å². The minimum atomic E-state index is -0.206. The molecule has 59 heavy (non-hydrogen) atoms. The zero-order valence-corrected chi connectivity index (χ0v) is 35.0. The fourth-order valence-electron chi connectivity index (χ4n) is 8.39. The van der Waals surface area contributed by atoms with E-state index in [-0.39, 0.29) is 23.3 Å². The maximum atomic E-state index is 14.9. The molecular formula is C55H60F4. The summed E-state index contributed by atoms with van der Waals surface area (Å²) < 4.78 is 55.6. The van der Waals surface area contributed by atoms with Crippen LogP contribution in [0.25, 0.3) is 22.3 Å². The van der Waals surface area contributed by atoms with Gasteiger partial charge in [-0.05, 0) is 157 Å². The van der Waals surface area contributed by atoms with Crippen molar-refractivity contribution in [1.82, 2.24) is 0 Å². The molecule has 1 saturated carbocycles. The van der Waals surface area contributed by atoms with Crippen LogP contribution in [0.3, 0.4) is 0 Å². The van der Waals surface area contributed by atoms with Gasteiger partial charge >= 0.3 is 0 Å². The fraction of sp³-hybridized carbons (Fsp3) is 0.345. The Labute approximate surface area is 350 Å². The van der Waals surface area contributed by atoms with Crippen LogP contribution in [0, 0.1) is 29.2 Å². The molecule has 0 heterocycles. The Hall–Kier alpha value is -4.96. The number of benzene rings is 6. The van der Waals surface area contributed by atoms with Crippen LogP contribution in [0.5, 0.6) is 0 Å². The van der Waals surface area contributed by atoms with Crippen molar-refractivity contribution in [1.29, 1.82) is 0 Å². The van der Waals surface area contributed by atoms with Crippen molar-refractivity contribution in [3.05, 3.63) is 190 Å². The molecule has 0 amide bonds. The second-order valence-electron chi connectivity index (χ2n) is 16.5. The first-order valence-corrected chi connectivity index (χ1v) is 22.0. The van der Waals surface area contributed by atoms with Crippen LogP contribution in [0.1, 0.15) is 117 Å². The molecule has 0 saturated heterocycles. The lowest BCUT2D eigenvalue weighted by Gasteiger charge is -2.28. The molecule has 6 aromatic rings. The van der Waals surface area contributed by atoms with E-state index in [0.29, 0.717) is 17.0 Å². The Morgan fingerprint density at radius 2 is 0.831 bits per heavy atom. The molecule has 308 valence electrons. The van der Waals surface area contributed by atoms with Crippen LogP contribution in [0.2, 0.25) is 0 Å². The van der Waals surface area contributed by atoms with Crippen LogP contribution in [0.15, 0.2) is 133 Å². The van der Waals surface area contributed by atoms with Gasteiger partial charge in [-0.15, -0.1) is 0 Å². The number of unbranched alkanes of at least 4 members (excludes halogenated alkanes) is 4. The molecule has 0 nitrogen and oxygen atoms in total. The lowest BCUT2D eigenvalue weighted by atomic mass is 9.77. The second kappa shape index (κ2) is 22.4. The molecule has 0 radical (unpaired) electrons. The standard InChI is InChI=1S/C28H30F2.C27H30F2/c1-2-20-5-11-23(12-6-20)25-15-18-27(28(30)19-25)24-13-7-21(8-14-24)3-4-22-9-16-26(29)17-10-22;1-2-3-4-5-6-7-23-14-19-26(27(29)20-23)24-15-10-21(11-16-24)8-9-22-12-17-25(28)18-13-22/h7-10,13-20,23H,2-6,11-12H2,1H3;10-20H,2-9H2,1H3/t20-,23-;. The molecule has 4 heteroatoms. The molecule has 7 rings (SSSR count). The van der Waals surface area contributed by atoms with E-state index in [1.807, 2.05) is 60.7 Å². The summed E-state index contributed by atoms with van der Waals surface area (Å²) in [5.74, 6) is 0.684. The van der Waals surface area contributed by atoms with Gasteiger partial charge in [0.25, 0.3) is 0 Å². The highest BCUT2D eigenvalue weighted by molar-refractivity contribution is 5.66. The van der Waals surface area contributed by atoms with Gasteiger partial charge in [-0.3, -0.25) is 0 Å². The third-order valence-electron chi connectivity index (χ3n) is 12.3. The second-order valence-corrected chi connectivity index (χ2v) is 16.5. The molecule has 0 aliphatic heterocycles. The van der Waals surface area contributed by atoms with Gasteiger partial charge in [-0.1, -0.05) is 143 Å². The average molecular weight is 797 g/mol. The van der Waals surface area contributed by atoms with Crippen molar-refractivity contribution in [2.75, 3.05) is 0 Å². The Kier molecular flexibility index (Phi) is 16.6. The maximum absolute atomic E-state index is 14.9. The molecule has 1 aliphatic carbocycles. The van der Waals surface area contributed by atoms with E-state index in [9.17, 15) is 17.6 Å². The van der Waals surface area contributed by atoms with Gasteiger partial charge in [0, 0.05) is 11.1 Å². The minimum absolute atomic E-state index is 0.121.